The van der Waals surface area contributed by atoms with Crippen molar-refractivity contribution in [1.29, 1.82) is 0 Å². The molecule has 0 amide bonds. The molecule has 0 spiro atoms. The molecule has 0 saturated carbocycles. The van der Waals surface area contributed by atoms with Crippen molar-refractivity contribution in [2.45, 2.75) is 16.3 Å². The predicted octanol–water partition coefficient (Wildman–Crippen LogP) is 1.59. The molecule has 2 aromatic rings. The van der Waals surface area contributed by atoms with E-state index >= 15 is 0 Å². The highest BCUT2D eigenvalue weighted by Crippen LogP contribution is 2.27. The van der Waals surface area contributed by atoms with Crippen molar-refractivity contribution >= 4 is 19.9 Å². The minimum Gasteiger partial charge on any atom is -0.496 e. The summed E-state index contributed by atoms with van der Waals surface area (Å²) in [5, 5.41) is 0. The lowest BCUT2D eigenvalue weighted by atomic mass is 10.2. The Morgan fingerprint density at radius 3 is 2.16 bits per heavy atom. The zero-order valence-corrected chi connectivity index (χ0v) is 15.6. The van der Waals surface area contributed by atoms with Crippen molar-refractivity contribution < 1.29 is 26.3 Å². The number of para-hydroxylation sites is 1. The third-order valence-electron chi connectivity index (χ3n) is 3.50. The molecule has 0 bridgehead atoms. The molecule has 0 aliphatic carbocycles. The first-order chi connectivity index (χ1) is 11.7. The second-order valence-corrected chi connectivity index (χ2v) is 8.97. The number of sulfonamides is 1. The molecule has 7 nitrogen and oxygen atoms in total. The molecule has 0 unspecified atom stereocenters. The van der Waals surface area contributed by atoms with Gasteiger partial charge in [0, 0.05) is 18.4 Å². The minimum atomic E-state index is -4.00. The summed E-state index contributed by atoms with van der Waals surface area (Å²) in [6.07, 6.45) is 1.01. The Morgan fingerprint density at radius 1 is 0.920 bits per heavy atom. The van der Waals surface area contributed by atoms with E-state index in [2.05, 4.69) is 4.72 Å². The maximum atomic E-state index is 12.6. The van der Waals surface area contributed by atoms with E-state index in [0.29, 0.717) is 11.3 Å². The third-order valence-corrected chi connectivity index (χ3v) is 6.03. The lowest BCUT2D eigenvalue weighted by molar-refractivity contribution is 0.401. The molecule has 1 N–H and O–H groups in total. The van der Waals surface area contributed by atoms with Crippen LogP contribution in [0.3, 0.4) is 0 Å². The van der Waals surface area contributed by atoms with Crippen molar-refractivity contribution in [2.75, 3.05) is 20.5 Å². The molecule has 0 aliphatic heterocycles. The second kappa shape index (κ2) is 7.42. The quantitative estimate of drug-likeness (QED) is 0.777. The van der Waals surface area contributed by atoms with Crippen LogP contribution in [0.15, 0.2) is 52.3 Å². The summed E-state index contributed by atoms with van der Waals surface area (Å²) >= 11 is 0. The maximum Gasteiger partial charge on any atom is 0.244 e. The van der Waals surface area contributed by atoms with Crippen LogP contribution in [0.1, 0.15) is 5.56 Å². The number of methoxy groups -OCH3 is 2. The summed E-state index contributed by atoms with van der Waals surface area (Å²) in [5.41, 5.74) is 0.645. The van der Waals surface area contributed by atoms with Crippen molar-refractivity contribution in [2.24, 2.45) is 0 Å². The molecule has 0 radical (unpaired) electrons. The number of ether oxygens (including phenoxy) is 2. The standard InChI is InChI=1S/C16H19NO6S2/c1-22-14-7-5-4-6-12(14)11-17-25(20,21)16-10-13(24(3,18)19)8-9-15(16)23-2/h4-10,17H,11H2,1-3H3. The smallest absolute Gasteiger partial charge is 0.244 e. The Hall–Kier alpha value is -2.10. The van der Waals surface area contributed by atoms with Crippen molar-refractivity contribution in [1.82, 2.24) is 4.72 Å². The van der Waals surface area contributed by atoms with E-state index in [1.807, 2.05) is 0 Å². The fourth-order valence-electron chi connectivity index (χ4n) is 2.20. The van der Waals surface area contributed by atoms with Crippen molar-refractivity contribution in [3.8, 4) is 11.5 Å². The van der Waals surface area contributed by atoms with Gasteiger partial charge in [-0.15, -0.1) is 0 Å². The van der Waals surface area contributed by atoms with Crippen molar-refractivity contribution in [3.05, 3.63) is 48.0 Å². The van der Waals surface area contributed by atoms with E-state index in [9.17, 15) is 16.8 Å². The SMILES string of the molecule is COc1ccccc1CNS(=O)(=O)c1cc(S(C)(=O)=O)ccc1OC. The average Bonchev–Trinajstić information content (AvgIpc) is 2.58. The van der Waals surface area contributed by atoms with Gasteiger partial charge in [-0.3, -0.25) is 0 Å². The normalized spacial score (nSPS) is 12.0. The van der Waals surface area contributed by atoms with Crippen LogP contribution < -0.4 is 14.2 Å². The van der Waals surface area contributed by atoms with Crippen LogP contribution >= 0.6 is 0 Å². The van der Waals surface area contributed by atoms with Gasteiger partial charge in [0.1, 0.15) is 16.4 Å². The Labute approximate surface area is 147 Å². The van der Waals surface area contributed by atoms with Gasteiger partial charge in [-0.25, -0.2) is 21.6 Å². The van der Waals surface area contributed by atoms with Gasteiger partial charge in [-0.1, -0.05) is 18.2 Å². The highest BCUT2D eigenvalue weighted by molar-refractivity contribution is 7.91. The second-order valence-electron chi connectivity index (χ2n) is 5.22. The van der Waals surface area contributed by atoms with Crippen molar-refractivity contribution in [3.63, 3.8) is 0 Å². The first-order valence-electron chi connectivity index (χ1n) is 7.18. The monoisotopic (exact) mass is 385 g/mol. The van der Waals surface area contributed by atoms with E-state index in [-0.39, 0.29) is 22.1 Å². The average molecular weight is 385 g/mol. The molecule has 2 aromatic carbocycles. The Morgan fingerprint density at radius 2 is 1.56 bits per heavy atom. The number of nitrogens with one attached hydrogen (secondary N) is 1. The van der Waals surface area contributed by atoms with E-state index in [0.717, 1.165) is 12.3 Å². The first-order valence-corrected chi connectivity index (χ1v) is 10.6. The summed E-state index contributed by atoms with van der Waals surface area (Å²) in [5.74, 6) is 0.599. The molecule has 0 aliphatic rings. The molecule has 0 fully saturated rings. The molecular formula is C16H19NO6S2. The molecule has 136 valence electrons. The van der Waals surface area contributed by atoms with Gasteiger partial charge in [-0.2, -0.15) is 0 Å². The molecule has 0 atom stereocenters. The number of hydrogen-bond acceptors (Lipinski definition) is 6. The van der Waals surface area contributed by atoms with E-state index in [1.54, 1.807) is 24.3 Å². The fourth-order valence-corrected chi connectivity index (χ4v) is 4.12. The van der Waals surface area contributed by atoms with Gasteiger partial charge >= 0.3 is 0 Å². The molecule has 0 heterocycles. The lowest BCUT2D eigenvalue weighted by Gasteiger charge is -2.13. The van der Waals surface area contributed by atoms with Gasteiger partial charge in [0.15, 0.2) is 9.84 Å². The largest absolute Gasteiger partial charge is 0.496 e. The Bertz CT molecular complexity index is 968. The van der Waals surface area contributed by atoms with Crippen LogP contribution in [0, 0.1) is 0 Å². The molecule has 0 saturated heterocycles. The van der Waals surface area contributed by atoms with Crippen LogP contribution in [-0.2, 0) is 26.4 Å². The molecule has 2 rings (SSSR count). The topological polar surface area (TPSA) is 98.8 Å². The third kappa shape index (κ3) is 4.50. The Kier molecular flexibility index (Phi) is 5.71. The van der Waals surface area contributed by atoms with Crippen LogP contribution in [0.5, 0.6) is 11.5 Å². The van der Waals surface area contributed by atoms with Gasteiger partial charge in [-0.05, 0) is 24.3 Å². The summed E-state index contributed by atoms with van der Waals surface area (Å²) < 4.78 is 61.4. The maximum absolute atomic E-state index is 12.6. The molecule has 25 heavy (non-hydrogen) atoms. The van der Waals surface area contributed by atoms with E-state index < -0.39 is 19.9 Å². The van der Waals surface area contributed by atoms with Gasteiger partial charge in [0.25, 0.3) is 0 Å². The summed E-state index contributed by atoms with van der Waals surface area (Å²) in [6.45, 7) is -0.0153. The zero-order chi connectivity index (χ0) is 18.7. The first kappa shape index (κ1) is 19.2. The van der Waals surface area contributed by atoms with Crippen LogP contribution in [0.25, 0.3) is 0 Å². The number of benzene rings is 2. The Balaban J connectivity index is 2.39. The van der Waals surface area contributed by atoms with Gasteiger partial charge < -0.3 is 9.47 Å². The van der Waals surface area contributed by atoms with Gasteiger partial charge in [0.2, 0.25) is 10.0 Å². The molecular weight excluding hydrogens is 366 g/mol. The van der Waals surface area contributed by atoms with E-state index in [4.69, 9.17) is 9.47 Å². The number of rotatable bonds is 7. The van der Waals surface area contributed by atoms with Crippen LogP contribution in [-0.4, -0.2) is 37.3 Å². The molecule has 9 heteroatoms. The molecule has 0 aromatic heterocycles. The highest BCUT2D eigenvalue weighted by atomic mass is 32.2. The zero-order valence-electron chi connectivity index (χ0n) is 14.0. The number of sulfone groups is 1. The predicted molar refractivity (Wildman–Crippen MR) is 93.1 cm³/mol. The van der Waals surface area contributed by atoms with Crippen LogP contribution in [0.4, 0.5) is 0 Å². The summed E-state index contributed by atoms with van der Waals surface area (Å²) in [6, 6.07) is 10.7. The summed E-state index contributed by atoms with van der Waals surface area (Å²) in [7, 11) is -4.75. The number of hydrogen-bond donors (Lipinski definition) is 1. The van der Waals surface area contributed by atoms with E-state index in [1.165, 1.54) is 26.4 Å². The minimum absolute atomic E-state index is 0.0153. The lowest BCUT2D eigenvalue weighted by Crippen LogP contribution is -2.24. The highest BCUT2D eigenvalue weighted by Gasteiger charge is 2.22. The van der Waals surface area contributed by atoms with Gasteiger partial charge in [0.05, 0.1) is 19.1 Å². The fraction of sp³-hybridized carbons (Fsp3) is 0.250. The van der Waals surface area contributed by atoms with Crippen LogP contribution in [0.2, 0.25) is 0 Å². The summed E-state index contributed by atoms with van der Waals surface area (Å²) in [4.78, 5) is -0.348.